The van der Waals surface area contributed by atoms with E-state index in [1.165, 1.54) is 12.1 Å². The van der Waals surface area contributed by atoms with Crippen LogP contribution in [0.4, 0.5) is 5.69 Å². The van der Waals surface area contributed by atoms with Gasteiger partial charge in [-0.1, -0.05) is 27.3 Å². The summed E-state index contributed by atoms with van der Waals surface area (Å²) in [6.07, 6.45) is 0. The minimum atomic E-state index is -0.507. The number of nitrogens with zero attached hydrogens (tertiary/aromatic N) is 3. The standard InChI is InChI=1S/C9H5BrClN3O3S/c10-5-1-2-7(6(3-5)14(15)16)17-4-8-12-13-9(11)18-8/h1-3H,4H2. The molecule has 1 heterocycles. The van der Waals surface area contributed by atoms with Crippen molar-refractivity contribution >= 4 is 44.6 Å². The summed E-state index contributed by atoms with van der Waals surface area (Å²) in [6, 6.07) is 4.56. The summed E-state index contributed by atoms with van der Waals surface area (Å²) in [4.78, 5) is 10.3. The van der Waals surface area contributed by atoms with Crippen molar-refractivity contribution in [3.05, 3.63) is 42.3 Å². The Morgan fingerprint density at radius 2 is 2.28 bits per heavy atom. The maximum atomic E-state index is 10.8. The van der Waals surface area contributed by atoms with Gasteiger partial charge in [-0.2, -0.15) is 0 Å². The van der Waals surface area contributed by atoms with Crippen molar-refractivity contribution in [1.82, 2.24) is 10.2 Å². The van der Waals surface area contributed by atoms with Gasteiger partial charge in [-0.15, -0.1) is 10.2 Å². The lowest BCUT2D eigenvalue weighted by atomic mass is 10.3. The van der Waals surface area contributed by atoms with Gasteiger partial charge in [-0.3, -0.25) is 10.1 Å². The van der Waals surface area contributed by atoms with Gasteiger partial charge < -0.3 is 4.74 Å². The van der Waals surface area contributed by atoms with Crippen LogP contribution in [0.15, 0.2) is 22.7 Å². The van der Waals surface area contributed by atoms with Crippen molar-refractivity contribution in [2.24, 2.45) is 0 Å². The van der Waals surface area contributed by atoms with Crippen molar-refractivity contribution in [3.8, 4) is 5.75 Å². The first-order chi connectivity index (χ1) is 8.56. The van der Waals surface area contributed by atoms with Crippen LogP contribution in [-0.4, -0.2) is 15.1 Å². The topological polar surface area (TPSA) is 78.2 Å². The third kappa shape index (κ3) is 3.15. The number of ether oxygens (including phenoxy) is 1. The second-order valence-electron chi connectivity index (χ2n) is 3.11. The zero-order valence-electron chi connectivity index (χ0n) is 8.67. The van der Waals surface area contributed by atoms with E-state index < -0.39 is 4.92 Å². The molecule has 0 aliphatic carbocycles. The van der Waals surface area contributed by atoms with Crippen LogP contribution in [0.3, 0.4) is 0 Å². The first-order valence-corrected chi connectivity index (χ1v) is 6.59. The number of hydrogen-bond acceptors (Lipinski definition) is 6. The highest BCUT2D eigenvalue weighted by atomic mass is 79.9. The lowest BCUT2D eigenvalue weighted by molar-refractivity contribution is -0.386. The van der Waals surface area contributed by atoms with Gasteiger partial charge in [0.25, 0.3) is 0 Å². The fraction of sp³-hybridized carbons (Fsp3) is 0.111. The van der Waals surface area contributed by atoms with E-state index in [0.717, 1.165) is 11.3 Å². The zero-order valence-corrected chi connectivity index (χ0v) is 11.8. The van der Waals surface area contributed by atoms with Crippen LogP contribution in [0.25, 0.3) is 0 Å². The van der Waals surface area contributed by atoms with E-state index >= 15 is 0 Å². The normalized spacial score (nSPS) is 10.3. The Labute approximate surface area is 119 Å². The molecular formula is C9H5BrClN3O3S. The third-order valence-electron chi connectivity index (χ3n) is 1.91. The molecule has 0 saturated heterocycles. The number of benzene rings is 1. The highest BCUT2D eigenvalue weighted by Gasteiger charge is 2.16. The maximum absolute atomic E-state index is 10.8. The van der Waals surface area contributed by atoms with E-state index in [4.69, 9.17) is 16.3 Å². The highest BCUT2D eigenvalue weighted by molar-refractivity contribution is 9.10. The number of hydrogen-bond donors (Lipinski definition) is 0. The minimum absolute atomic E-state index is 0.0901. The summed E-state index contributed by atoms with van der Waals surface area (Å²) in [5.74, 6) is 0.175. The molecule has 1 aromatic carbocycles. The van der Waals surface area contributed by atoms with Crippen LogP contribution in [0, 0.1) is 10.1 Å². The van der Waals surface area contributed by atoms with E-state index in [1.54, 1.807) is 6.07 Å². The Morgan fingerprint density at radius 3 is 2.89 bits per heavy atom. The summed E-state index contributed by atoms with van der Waals surface area (Å²) in [7, 11) is 0. The monoisotopic (exact) mass is 349 g/mol. The molecule has 0 radical (unpaired) electrons. The number of rotatable bonds is 4. The molecule has 6 nitrogen and oxygen atoms in total. The molecule has 0 atom stereocenters. The van der Waals surface area contributed by atoms with Gasteiger partial charge in [0.05, 0.1) is 4.92 Å². The molecule has 0 N–H and O–H groups in total. The number of nitro benzene ring substituents is 1. The van der Waals surface area contributed by atoms with Crippen LogP contribution < -0.4 is 4.74 Å². The smallest absolute Gasteiger partial charge is 0.312 e. The summed E-state index contributed by atoms with van der Waals surface area (Å²) in [5, 5.41) is 18.8. The lowest BCUT2D eigenvalue weighted by Gasteiger charge is -2.04. The van der Waals surface area contributed by atoms with Crippen LogP contribution in [-0.2, 0) is 6.61 Å². The maximum Gasteiger partial charge on any atom is 0.312 e. The molecule has 0 unspecified atom stereocenters. The lowest BCUT2D eigenvalue weighted by Crippen LogP contribution is -1.99. The first kappa shape index (κ1) is 13.2. The highest BCUT2D eigenvalue weighted by Crippen LogP contribution is 2.31. The fourth-order valence-electron chi connectivity index (χ4n) is 1.19. The van der Waals surface area contributed by atoms with E-state index in [1.807, 2.05) is 0 Å². The van der Waals surface area contributed by atoms with Gasteiger partial charge in [0.15, 0.2) is 10.8 Å². The summed E-state index contributed by atoms with van der Waals surface area (Å²) in [5.41, 5.74) is -0.111. The summed E-state index contributed by atoms with van der Waals surface area (Å²) in [6.45, 7) is 0.0901. The molecule has 0 fully saturated rings. The SMILES string of the molecule is O=[N+]([O-])c1cc(Br)ccc1OCc1nnc(Cl)s1. The van der Waals surface area contributed by atoms with E-state index in [2.05, 4.69) is 26.1 Å². The molecule has 0 spiro atoms. The molecule has 2 rings (SSSR count). The van der Waals surface area contributed by atoms with E-state index in [9.17, 15) is 10.1 Å². The van der Waals surface area contributed by atoms with Crippen LogP contribution in [0.2, 0.25) is 4.47 Å². The van der Waals surface area contributed by atoms with Crippen molar-refractivity contribution in [2.45, 2.75) is 6.61 Å². The average molecular weight is 351 g/mol. The van der Waals surface area contributed by atoms with Crippen molar-refractivity contribution in [2.75, 3.05) is 0 Å². The Balaban J connectivity index is 2.16. The fourth-order valence-corrected chi connectivity index (χ4v) is 2.32. The minimum Gasteiger partial charge on any atom is -0.479 e. The molecule has 1 aromatic heterocycles. The van der Waals surface area contributed by atoms with E-state index in [0.29, 0.717) is 13.9 Å². The summed E-state index contributed by atoms with van der Waals surface area (Å²) < 4.78 is 6.26. The quantitative estimate of drug-likeness (QED) is 0.623. The van der Waals surface area contributed by atoms with Gasteiger partial charge in [0, 0.05) is 10.5 Å². The van der Waals surface area contributed by atoms with Crippen molar-refractivity contribution in [3.63, 3.8) is 0 Å². The average Bonchev–Trinajstić information content (AvgIpc) is 2.73. The van der Waals surface area contributed by atoms with Gasteiger partial charge >= 0.3 is 5.69 Å². The third-order valence-corrected chi connectivity index (χ3v) is 3.40. The molecule has 0 aliphatic rings. The number of nitro groups is 1. The van der Waals surface area contributed by atoms with Gasteiger partial charge in [-0.05, 0) is 23.7 Å². The van der Waals surface area contributed by atoms with E-state index in [-0.39, 0.29) is 18.0 Å². The molecule has 9 heteroatoms. The molecule has 0 amide bonds. The largest absolute Gasteiger partial charge is 0.479 e. The number of halogens is 2. The zero-order chi connectivity index (χ0) is 13.1. The van der Waals surface area contributed by atoms with Crippen molar-refractivity contribution < 1.29 is 9.66 Å². The van der Waals surface area contributed by atoms with Crippen LogP contribution in [0.1, 0.15) is 5.01 Å². The van der Waals surface area contributed by atoms with Gasteiger partial charge in [0.2, 0.25) is 4.47 Å². The second kappa shape index (κ2) is 5.59. The predicted octanol–water partition coefficient (Wildman–Crippen LogP) is 3.44. The number of aromatic nitrogens is 2. The predicted molar refractivity (Wildman–Crippen MR) is 70.0 cm³/mol. The van der Waals surface area contributed by atoms with Gasteiger partial charge in [-0.25, -0.2) is 0 Å². The Hall–Kier alpha value is -1.25. The molecule has 0 saturated carbocycles. The van der Waals surface area contributed by atoms with Crippen LogP contribution in [0.5, 0.6) is 5.75 Å². The molecule has 18 heavy (non-hydrogen) atoms. The molecule has 0 aliphatic heterocycles. The molecule has 2 aromatic rings. The molecule has 94 valence electrons. The Bertz CT molecular complexity index is 592. The van der Waals surface area contributed by atoms with Gasteiger partial charge in [0.1, 0.15) is 6.61 Å². The molecular weight excluding hydrogens is 346 g/mol. The molecule has 0 bridgehead atoms. The summed E-state index contributed by atoms with van der Waals surface area (Å²) >= 11 is 9.95. The first-order valence-electron chi connectivity index (χ1n) is 4.61. The van der Waals surface area contributed by atoms with Crippen molar-refractivity contribution in [1.29, 1.82) is 0 Å². The second-order valence-corrected chi connectivity index (χ2v) is 5.67. The Morgan fingerprint density at radius 1 is 1.50 bits per heavy atom. The Kier molecular flexibility index (Phi) is 4.10. The van der Waals surface area contributed by atoms with Crippen LogP contribution >= 0.6 is 38.9 Å².